The summed E-state index contributed by atoms with van der Waals surface area (Å²) in [6.07, 6.45) is 0. The van der Waals surface area contributed by atoms with E-state index in [1.54, 1.807) is 35.1 Å². The number of hydrogen-bond donors (Lipinski definition) is 0. The Morgan fingerprint density at radius 1 is 0.868 bits per heavy atom. The van der Waals surface area contributed by atoms with E-state index >= 15 is 0 Å². The highest BCUT2D eigenvalue weighted by Crippen LogP contribution is 2.33. The van der Waals surface area contributed by atoms with Gasteiger partial charge in [-0.25, -0.2) is 4.79 Å². The topological polar surface area (TPSA) is 85.4 Å². The van der Waals surface area contributed by atoms with E-state index in [1.807, 2.05) is 68.4 Å². The first-order chi connectivity index (χ1) is 18.3. The summed E-state index contributed by atoms with van der Waals surface area (Å²) in [6.45, 7) is 4.26. The van der Waals surface area contributed by atoms with Gasteiger partial charge in [-0.3, -0.25) is 9.59 Å². The molecule has 3 aromatic carbocycles. The number of hydrogen-bond acceptors (Lipinski definition) is 6. The van der Waals surface area contributed by atoms with Crippen LogP contribution >= 0.6 is 0 Å². The number of carbonyl (C=O) groups is 3. The van der Waals surface area contributed by atoms with E-state index in [0.717, 1.165) is 11.1 Å². The van der Waals surface area contributed by atoms with Crippen LogP contribution in [0.25, 0.3) is 0 Å². The maximum Gasteiger partial charge on any atom is 0.343 e. The van der Waals surface area contributed by atoms with Gasteiger partial charge in [-0.15, -0.1) is 0 Å². The molecule has 0 N–H and O–H groups in total. The molecule has 0 radical (unpaired) electrons. The number of esters is 1. The monoisotopic (exact) mass is 516 g/mol. The summed E-state index contributed by atoms with van der Waals surface area (Å²) < 4.78 is 15.4. The average molecular weight is 517 g/mol. The van der Waals surface area contributed by atoms with Crippen molar-refractivity contribution < 1.29 is 28.6 Å². The van der Waals surface area contributed by atoms with Gasteiger partial charge in [-0.05, 0) is 53.4 Å². The van der Waals surface area contributed by atoms with E-state index in [2.05, 4.69) is 4.74 Å². The van der Waals surface area contributed by atoms with Crippen LogP contribution in [0.4, 0.5) is 5.69 Å². The Hall–Kier alpha value is -4.33. The zero-order valence-corrected chi connectivity index (χ0v) is 22.0. The number of methoxy groups -OCH3 is 2. The molecule has 198 valence electrons. The second-order valence-electron chi connectivity index (χ2n) is 9.42. The zero-order chi connectivity index (χ0) is 27.2. The van der Waals surface area contributed by atoms with E-state index < -0.39 is 12.0 Å². The van der Waals surface area contributed by atoms with Crippen LogP contribution in [0.2, 0.25) is 0 Å². The molecule has 0 fully saturated rings. The second kappa shape index (κ2) is 11.8. The molecular weight excluding hydrogens is 484 g/mol. The third-order valence-electron chi connectivity index (χ3n) is 6.51. The maximum absolute atomic E-state index is 14.1. The van der Waals surface area contributed by atoms with Crippen molar-refractivity contribution in [2.75, 3.05) is 25.7 Å². The van der Waals surface area contributed by atoms with Gasteiger partial charge in [0.2, 0.25) is 5.91 Å². The highest BCUT2D eigenvalue weighted by molar-refractivity contribution is 6.11. The van der Waals surface area contributed by atoms with Crippen LogP contribution in [0.3, 0.4) is 0 Å². The van der Waals surface area contributed by atoms with Gasteiger partial charge in [-0.1, -0.05) is 50.2 Å². The fourth-order valence-electron chi connectivity index (χ4n) is 4.60. The molecule has 0 saturated carbocycles. The summed E-state index contributed by atoms with van der Waals surface area (Å²) in [5, 5.41) is 0. The summed E-state index contributed by atoms with van der Waals surface area (Å²) in [5.41, 5.74) is 2.80. The molecule has 0 spiro atoms. The molecule has 0 aliphatic carbocycles. The van der Waals surface area contributed by atoms with Crippen molar-refractivity contribution in [3.63, 3.8) is 0 Å². The van der Waals surface area contributed by atoms with Crippen LogP contribution in [0.15, 0.2) is 72.8 Å². The van der Waals surface area contributed by atoms with E-state index in [9.17, 15) is 14.4 Å². The molecule has 1 aliphatic heterocycles. The van der Waals surface area contributed by atoms with E-state index in [4.69, 9.17) is 9.47 Å². The molecule has 0 unspecified atom stereocenters. The Kier molecular flexibility index (Phi) is 8.31. The number of fused-ring (bicyclic) bond motifs is 1. The number of anilines is 1. The van der Waals surface area contributed by atoms with Crippen molar-refractivity contribution in [3.8, 4) is 11.5 Å². The number of nitrogens with zero attached hydrogens (tertiary/aromatic N) is 2. The number of rotatable bonds is 9. The third kappa shape index (κ3) is 5.80. The summed E-state index contributed by atoms with van der Waals surface area (Å²) in [7, 11) is 2.91. The molecule has 8 nitrogen and oxygen atoms in total. The van der Waals surface area contributed by atoms with Gasteiger partial charge in [0.1, 0.15) is 17.5 Å². The molecule has 1 aliphatic rings. The van der Waals surface area contributed by atoms with Gasteiger partial charge in [0.25, 0.3) is 5.91 Å². The molecule has 0 bridgehead atoms. The van der Waals surface area contributed by atoms with Crippen molar-refractivity contribution >= 4 is 23.5 Å². The third-order valence-corrected chi connectivity index (χ3v) is 6.51. The van der Waals surface area contributed by atoms with E-state index in [0.29, 0.717) is 29.3 Å². The highest BCUT2D eigenvalue weighted by Gasteiger charge is 2.41. The normalized spacial score (nSPS) is 15.2. The number of ether oxygens (including phenoxy) is 3. The Morgan fingerprint density at radius 3 is 2.29 bits per heavy atom. The van der Waals surface area contributed by atoms with Crippen molar-refractivity contribution in [3.05, 3.63) is 89.5 Å². The lowest BCUT2D eigenvalue weighted by Gasteiger charge is -2.33. The summed E-state index contributed by atoms with van der Waals surface area (Å²) in [5.74, 6) is 0.268. The van der Waals surface area contributed by atoms with Crippen LogP contribution in [-0.4, -0.2) is 49.6 Å². The molecule has 8 heteroatoms. The van der Waals surface area contributed by atoms with Gasteiger partial charge in [0.15, 0.2) is 6.61 Å². The Morgan fingerprint density at radius 2 is 1.61 bits per heavy atom. The number of amides is 2. The number of benzene rings is 3. The van der Waals surface area contributed by atoms with Crippen LogP contribution in [-0.2, 0) is 27.4 Å². The largest absolute Gasteiger partial charge is 0.497 e. The average Bonchev–Trinajstić information content (AvgIpc) is 3.01. The first-order valence-corrected chi connectivity index (χ1v) is 12.4. The maximum atomic E-state index is 14.1. The van der Waals surface area contributed by atoms with Crippen molar-refractivity contribution in [1.29, 1.82) is 0 Å². The zero-order valence-electron chi connectivity index (χ0n) is 22.0. The SMILES string of the molecule is COC(=O)COc1ccc(CN2C(=O)c3ccccc3N(Cc3cccc(OC)c3)C(=O)[C@@H]2C(C)C)cc1. The van der Waals surface area contributed by atoms with Gasteiger partial charge in [0, 0.05) is 6.54 Å². The van der Waals surface area contributed by atoms with Crippen LogP contribution in [0.5, 0.6) is 11.5 Å². The minimum atomic E-state index is -0.671. The van der Waals surface area contributed by atoms with Gasteiger partial charge in [-0.2, -0.15) is 0 Å². The molecule has 38 heavy (non-hydrogen) atoms. The van der Waals surface area contributed by atoms with Gasteiger partial charge < -0.3 is 24.0 Å². The predicted molar refractivity (Wildman–Crippen MR) is 143 cm³/mol. The predicted octanol–water partition coefficient (Wildman–Crippen LogP) is 4.46. The van der Waals surface area contributed by atoms with Crippen LogP contribution in [0.1, 0.15) is 35.3 Å². The van der Waals surface area contributed by atoms with Crippen molar-refractivity contribution in [2.45, 2.75) is 33.0 Å². The van der Waals surface area contributed by atoms with Gasteiger partial charge in [0.05, 0.1) is 32.0 Å². The Balaban J connectivity index is 1.66. The molecule has 0 saturated heterocycles. The molecule has 2 amide bonds. The second-order valence-corrected chi connectivity index (χ2v) is 9.42. The number of para-hydroxylation sites is 1. The first-order valence-electron chi connectivity index (χ1n) is 12.4. The van der Waals surface area contributed by atoms with Crippen molar-refractivity contribution in [1.82, 2.24) is 4.90 Å². The number of carbonyl (C=O) groups excluding carboxylic acids is 3. The van der Waals surface area contributed by atoms with Crippen LogP contribution < -0.4 is 14.4 Å². The van der Waals surface area contributed by atoms with Crippen LogP contribution in [0, 0.1) is 5.92 Å². The Labute approximate surface area is 222 Å². The molecule has 1 heterocycles. The van der Waals surface area contributed by atoms with E-state index in [-0.39, 0.29) is 30.9 Å². The lowest BCUT2D eigenvalue weighted by Crippen LogP contribution is -2.50. The van der Waals surface area contributed by atoms with Gasteiger partial charge >= 0.3 is 5.97 Å². The molecule has 0 aromatic heterocycles. The molecule has 3 aromatic rings. The van der Waals surface area contributed by atoms with Crippen molar-refractivity contribution in [2.24, 2.45) is 5.92 Å². The molecular formula is C30H32N2O6. The minimum absolute atomic E-state index is 0.128. The quantitative estimate of drug-likeness (QED) is 0.391. The summed E-state index contributed by atoms with van der Waals surface area (Å²) in [4.78, 5) is 42.8. The lowest BCUT2D eigenvalue weighted by atomic mass is 9.99. The Bertz CT molecular complexity index is 1300. The first kappa shape index (κ1) is 26.7. The minimum Gasteiger partial charge on any atom is -0.497 e. The standard InChI is InChI=1S/C30H32N2O6/c1-20(2)28-30(35)31(18-22-8-7-9-24(16-22)36-3)26-11-6-5-10-25(26)29(34)32(28)17-21-12-14-23(15-13-21)38-19-27(33)37-4/h5-16,20,28H,17-19H2,1-4H3/t28-/m0/s1. The fraction of sp³-hybridized carbons (Fsp3) is 0.300. The smallest absolute Gasteiger partial charge is 0.343 e. The van der Waals surface area contributed by atoms with E-state index in [1.165, 1.54) is 7.11 Å². The summed E-state index contributed by atoms with van der Waals surface area (Å²) >= 11 is 0. The lowest BCUT2D eigenvalue weighted by molar-refractivity contribution is -0.142. The summed E-state index contributed by atoms with van der Waals surface area (Å²) in [6, 6.07) is 21.3. The molecule has 4 rings (SSSR count). The fourth-order valence-corrected chi connectivity index (χ4v) is 4.60. The molecule has 1 atom stereocenters. The highest BCUT2D eigenvalue weighted by atomic mass is 16.6.